The highest BCUT2D eigenvalue weighted by Crippen LogP contribution is 2.40. The molecule has 2 aromatic carbocycles. The smallest absolute Gasteiger partial charge is 0.335 e. The van der Waals surface area contributed by atoms with Gasteiger partial charge in [0.15, 0.2) is 0 Å². The van der Waals surface area contributed by atoms with Crippen molar-refractivity contribution in [1.82, 2.24) is 0 Å². The fourth-order valence-corrected chi connectivity index (χ4v) is 2.97. The molecule has 3 nitrogen and oxygen atoms in total. The number of aromatic carboxylic acids is 1. The fraction of sp³-hybridized carbons (Fsp3) is 0.235. The maximum atomic E-state index is 11.5. The lowest BCUT2D eigenvalue weighted by atomic mass is 9.82. The molecule has 0 radical (unpaired) electrons. The number of hydrogen-bond acceptors (Lipinski definition) is 2. The van der Waals surface area contributed by atoms with E-state index in [0.717, 1.165) is 28.9 Å². The number of hydrogen-bond donors (Lipinski definition) is 1. The number of fused-ring (bicyclic) bond motifs is 1. The number of carboxylic acids is 1. The molecule has 3 rings (SSSR count). The number of ether oxygens (including phenoxy) is 1. The first-order valence-electron chi connectivity index (χ1n) is 6.73. The molecule has 0 saturated heterocycles. The van der Waals surface area contributed by atoms with E-state index in [0.29, 0.717) is 12.2 Å². The van der Waals surface area contributed by atoms with Crippen LogP contribution in [0.2, 0.25) is 0 Å². The summed E-state index contributed by atoms with van der Waals surface area (Å²) in [4.78, 5) is 11.5. The predicted molar refractivity (Wildman–Crippen MR) is 76.5 cm³/mol. The lowest BCUT2D eigenvalue weighted by Gasteiger charge is -2.28. The highest BCUT2D eigenvalue weighted by atomic mass is 16.5. The van der Waals surface area contributed by atoms with Gasteiger partial charge >= 0.3 is 5.97 Å². The molecule has 20 heavy (non-hydrogen) atoms. The van der Waals surface area contributed by atoms with Crippen LogP contribution in [0.25, 0.3) is 0 Å². The second kappa shape index (κ2) is 5.00. The van der Waals surface area contributed by atoms with Gasteiger partial charge in [0.05, 0.1) is 12.2 Å². The Bertz CT molecular complexity index is 661. The topological polar surface area (TPSA) is 46.5 Å². The zero-order valence-corrected chi connectivity index (χ0v) is 11.3. The Morgan fingerprint density at radius 1 is 1.20 bits per heavy atom. The summed E-state index contributed by atoms with van der Waals surface area (Å²) in [7, 11) is 0. The van der Waals surface area contributed by atoms with Gasteiger partial charge in [-0.2, -0.15) is 0 Å². The van der Waals surface area contributed by atoms with Gasteiger partial charge in [-0.25, -0.2) is 4.79 Å². The Balaban J connectivity index is 2.18. The van der Waals surface area contributed by atoms with Crippen LogP contribution >= 0.6 is 0 Å². The molecule has 3 heteroatoms. The molecule has 1 heterocycles. The van der Waals surface area contributed by atoms with Crippen molar-refractivity contribution in [3.05, 3.63) is 64.7 Å². The normalized spacial score (nSPS) is 17.1. The van der Waals surface area contributed by atoms with E-state index in [1.54, 1.807) is 12.1 Å². The van der Waals surface area contributed by atoms with Gasteiger partial charge in [-0.1, -0.05) is 30.3 Å². The van der Waals surface area contributed by atoms with E-state index in [1.165, 1.54) is 0 Å². The van der Waals surface area contributed by atoms with Crippen LogP contribution < -0.4 is 4.74 Å². The molecule has 1 aliphatic rings. The van der Waals surface area contributed by atoms with E-state index < -0.39 is 5.97 Å². The molecular weight excluding hydrogens is 252 g/mol. The lowest BCUT2D eigenvalue weighted by Crippen LogP contribution is -2.18. The van der Waals surface area contributed by atoms with Gasteiger partial charge in [0.2, 0.25) is 0 Å². The van der Waals surface area contributed by atoms with E-state index >= 15 is 0 Å². The average molecular weight is 268 g/mol. The van der Waals surface area contributed by atoms with Crippen molar-refractivity contribution < 1.29 is 14.6 Å². The maximum absolute atomic E-state index is 11.5. The lowest BCUT2D eigenvalue weighted by molar-refractivity contribution is 0.0695. The number of rotatable bonds is 2. The van der Waals surface area contributed by atoms with E-state index in [2.05, 4.69) is 0 Å². The molecule has 2 aromatic rings. The van der Waals surface area contributed by atoms with Gasteiger partial charge in [0.25, 0.3) is 0 Å². The number of carboxylic acid groups (broad SMARTS) is 1. The Labute approximate surface area is 117 Å². The van der Waals surface area contributed by atoms with Crippen LogP contribution in [0.5, 0.6) is 5.75 Å². The summed E-state index contributed by atoms with van der Waals surface area (Å²) in [6, 6.07) is 13.3. The van der Waals surface area contributed by atoms with Crippen LogP contribution in [0, 0.1) is 6.92 Å². The van der Waals surface area contributed by atoms with Crippen molar-refractivity contribution in [3.63, 3.8) is 0 Å². The Morgan fingerprint density at radius 2 is 2.00 bits per heavy atom. The Morgan fingerprint density at radius 3 is 2.80 bits per heavy atom. The molecule has 0 spiro atoms. The second-order valence-corrected chi connectivity index (χ2v) is 5.07. The van der Waals surface area contributed by atoms with Crippen molar-refractivity contribution in [3.8, 4) is 5.75 Å². The predicted octanol–water partition coefficient (Wildman–Crippen LogP) is 3.61. The summed E-state index contributed by atoms with van der Waals surface area (Å²) >= 11 is 0. The van der Waals surface area contributed by atoms with E-state index in [4.69, 9.17) is 4.74 Å². The molecule has 1 unspecified atom stereocenters. The summed E-state index contributed by atoms with van der Waals surface area (Å²) in [5.74, 6) is 0.0864. The molecule has 0 amide bonds. The molecule has 1 N–H and O–H groups in total. The van der Waals surface area contributed by atoms with Crippen LogP contribution in [0.15, 0.2) is 42.5 Å². The Kier molecular flexibility index (Phi) is 3.18. The first kappa shape index (κ1) is 12.7. The molecule has 102 valence electrons. The maximum Gasteiger partial charge on any atom is 0.335 e. The largest absolute Gasteiger partial charge is 0.493 e. The molecule has 0 saturated carbocycles. The molecular formula is C17H16O3. The zero-order valence-electron chi connectivity index (χ0n) is 11.3. The summed E-state index contributed by atoms with van der Waals surface area (Å²) < 4.78 is 5.67. The second-order valence-electron chi connectivity index (χ2n) is 5.07. The third kappa shape index (κ3) is 2.05. The van der Waals surface area contributed by atoms with Gasteiger partial charge in [-0.05, 0) is 36.6 Å². The van der Waals surface area contributed by atoms with Gasteiger partial charge in [0, 0.05) is 11.5 Å². The Hall–Kier alpha value is -2.29. The van der Waals surface area contributed by atoms with Crippen molar-refractivity contribution in [2.24, 2.45) is 0 Å². The van der Waals surface area contributed by atoms with Crippen molar-refractivity contribution in [2.75, 3.05) is 6.61 Å². The van der Waals surface area contributed by atoms with Crippen LogP contribution in [0.4, 0.5) is 0 Å². The molecule has 1 atom stereocenters. The van der Waals surface area contributed by atoms with Crippen LogP contribution in [-0.4, -0.2) is 17.7 Å². The minimum Gasteiger partial charge on any atom is -0.493 e. The highest BCUT2D eigenvalue weighted by Gasteiger charge is 2.27. The van der Waals surface area contributed by atoms with Crippen LogP contribution in [0.1, 0.15) is 39.4 Å². The van der Waals surface area contributed by atoms with Crippen LogP contribution in [-0.2, 0) is 0 Å². The molecule has 0 aromatic heterocycles. The van der Waals surface area contributed by atoms with E-state index in [1.807, 2.05) is 37.3 Å². The number of para-hydroxylation sites is 1. The third-order valence-corrected chi connectivity index (χ3v) is 3.86. The number of aryl methyl sites for hydroxylation is 1. The summed E-state index contributed by atoms with van der Waals surface area (Å²) in [5, 5.41) is 9.44. The zero-order chi connectivity index (χ0) is 14.1. The quantitative estimate of drug-likeness (QED) is 0.905. The van der Waals surface area contributed by atoms with Gasteiger partial charge in [-0.3, -0.25) is 0 Å². The standard InChI is InChI=1S/C17H16O3/c1-11-5-4-7-14(17(18)19)16(11)13-9-10-20-15-8-3-2-6-12(13)15/h2-8,13H,9-10H2,1H3,(H,18,19). The first-order chi connectivity index (χ1) is 9.68. The number of carbonyl (C=O) groups is 1. The van der Waals surface area contributed by atoms with Gasteiger partial charge in [-0.15, -0.1) is 0 Å². The molecule has 1 aliphatic heterocycles. The van der Waals surface area contributed by atoms with Gasteiger partial charge in [0.1, 0.15) is 5.75 Å². The van der Waals surface area contributed by atoms with Crippen molar-refractivity contribution in [2.45, 2.75) is 19.3 Å². The third-order valence-electron chi connectivity index (χ3n) is 3.86. The average Bonchev–Trinajstić information content (AvgIpc) is 2.46. The van der Waals surface area contributed by atoms with E-state index in [9.17, 15) is 9.90 Å². The molecule has 0 aliphatic carbocycles. The van der Waals surface area contributed by atoms with Crippen molar-refractivity contribution >= 4 is 5.97 Å². The summed E-state index contributed by atoms with van der Waals surface area (Å²) in [5.41, 5.74) is 3.41. The minimum atomic E-state index is -0.868. The van der Waals surface area contributed by atoms with Crippen molar-refractivity contribution in [1.29, 1.82) is 0 Å². The van der Waals surface area contributed by atoms with E-state index in [-0.39, 0.29) is 5.92 Å². The van der Waals surface area contributed by atoms with Crippen LogP contribution in [0.3, 0.4) is 0 Å². The highest BCUT2D eigenvalue weighted by molar-refractivity contribution is 5.90. The molecule has 0 bridgehead atoms. The monoisotopic (exact) mass is 268 g/mol. The SMILES string of the molecule is Cc1cccc(C(=O)O)c1C1CCOc2ccccc21. The first-order valence-corrected chi connectivity index (χ1v) is 6.73. The minimum absolute atomic E-state index is 0.0900. The number of benzene rings is 2. The van der Waals surface area contributed by atoms with Gasteiger partial charge < -0.3 is 9.84 Å². The molecule has 0 fully saturated rings. The fourth-order valence-electron chi connectivity index (χ4n) is 2.97. The summed E-state index contributed by atoms with van der Waals surface area (Å²) in [6.07, 6.45) is 0.808. The summed E-state index contributed by atoms with van der Waals surface area (Å²) in [6.45, 7) is 2.59.